The highest BCUT2D eigenvalue weighted by Gasteiger charge is 2.10. The number of aromatic nitrogens is 3. The first kappa shape index (κ1) is 14.7. The number of carboxylic acids is 1. The smallest absolute Gasteiger partial charge is 0.335 e. The molecule has 2 heterocycles. The first-order valence-electron chi connectivity index (χ1n) is 7.07. The van der Waals surface area contributed by atoms with E-state index in [1.165, 1.54) is 6.07 Å². The van der Waals surface area contributed by atoms with Crippen LogP contribution in [0.15, 0.2) is 42.7 Å². The van der Waals surface area contributed by atoms with Gasteiger partial charge in [0.2, 0.25) is 5.95 Å². The molecule has 3 aromatic rings. The summed E-state index contributed by atoms with van der Waals surface area (Å²) in [7, 11) is 0. The predicted octanol–water partition coefficient (Wildman–Crippen LogP) is 1.96. The van der Waals surface area contributed by atoms with Gasteiger partial charge < -0.3 is 16.2 Å². The minimum absolute atomic E-state index is 0.143. The Labute approximate surface area is 132 Å². The SMILES string of the molecule is Nc1nc(NCCc2cccnc2)c2cc(C(=O)O)ccc2n1. The number of nitrogens with zero attached hydrogens (tertiary/aromatic N) is 3. The number of fused-ring (bicyclic) bond motifs is 1. The van der Waals surface area contributed by atoms with Crippen LogP contribution in [0.3, 0.4) is 0 Å². The predicted molar refractivity (Wildman–Crippen MR) is 87.3 cm³/mol. The van der Waals surface area contributed by atoms with Gasteiger partial charge in [0.05, 0.1) is 11.1 Å². The number of pyridine rings is 1. The van der Waals surface area contributed by atoms with Crippen molar-refractivity contribution in [2.75, 3.05) is 17.6 Å². The Morgan fingerprint density at radius 2 is 2.13 bits per heavy atom. The van der Waals surface area contributed by atoms with E-state index in [4.69, 9.17) is 10.8 Å². The van der Waals surface area contributed by atoms with Gasteiger partial charge in [-0.1, -0.05) is 6.07 Å². The molecule has 7 heteroatoms. The minimum Gasteiger partial charge on any atom is -0.478 e. The maximum Gasteiger partial charge on any atom is 0.335 e. The molecule has 0 unspecified atom stereocenters. The number of aromatic carboxylic acids is 1. The van der Waals surface area contributed by atoms with Crippen molar-refractivity contribution < 1.29 is 9.90 Å². The van der Waals surface area contributed by atoms with Crippen LogP contribution in [-0.2, 0) is 6.42 Å². The second-order valence-electron chi connectivity index (χ2n) is 5.01. The van der Waals surface area contributed by atoms with E-state index in [1.54, 1.807) is 24.5 Å². The van der Waals surface area contributed by atoms with Gasteiger partial charge in [-0.05, 0) is 36.2 Å². The molecule has 1 aromatic carbocycles. The van der Waals surface area contributed by atoms with Gasteiger partial charge in [0.1, 0.15) is 5.82 Å². The number of rotatable bonds is 5. The lowest BCUT2D eigenvalue weighted by atomic mass is 10.1. The molecule has 0 amide bonds. The number of nitrogens with one attached hydrogen (secondary N) is 1. The quantitative estimate of drug-likeness (QED) is 0.660. The topological polar surface area (TPSA) is 114 Å². The van der Waals surface area contributed by atoms with Crippen molar-refractivity contribution in [3.05, 3.63) is 53.9 Å². The molecule has 2 aromatic heterocycles. The number of hydrogen-bond donors (Lipinski definition) is 3. The number of carbonyl (C=O) groups is 1. The largest absolute Gasteiger partial charge is 0.478 e. The number of anilines is 2. The lowest BCUT2D eigenvalue weighted by Gasteiger charge is -2.10. The van der Waals surface area contributed by atoms with Crippen LogP contribution in [0.4, 0.5) is 11.8 Å². The van der Waals surface area contributed by atoms with Gasteiger partial charge in [-0.3, -0.25) is 4.98 Å². The third-order valence-electron chi connectivity index (χ3n) is 3.39. The van der Waals surface area contributed by atoms with Crippen LogP contribution in [0, 0.1) is 0 Å². The van der Waals surface area contributed by atoms with Gasteiger partial charge in [0.15, 0.2) is 0 Å². The first-order valence-corrected chi connectivity index (χ1v) is 7.07. The fourth-order valence-electron chi connectivity index (χ4n) is 2.29. The van der Waals surface area contributed by atoms with E-state index in [-0.39, 0.29) is 11.5 Å². The molecule has 0 aliphatic heterocycles. The van der Waals surface area contributed by atoms with Crippen LogP contribution >= 0.6 is 0 Å². The van der Waals surface area contributed by atoms with E-state index in [2.05, 4.69) is 20.3 Å². The summed E-state index contributed by atoms with van der Waals surface area (Å²) >= 11 is 0. The van der Waals surface area contributed by atoms with Gasteiger partial charge in [0, 0.05) is 24.3 Å². The highest BCUT2D eigenvalue weighted by atomic mass is 16.4. The van der Waals surface area contributed by atoms with E-state index in [9.17, 15) is 4.79 Å². The molecule has 7 nitrogen and oxygen atoms in total. The molecule has 23 heavy (non-hydrogen) atoms. The third kappa shape index (κ3) is 3.34. The summed E-state index contributed by atoms with van der Waals surface area (Å²) in [5.74, 6) is -0.325. The average molecular weight is 309 g/mol. The molecule has 0 radical (unpaired) electrons. The van der Waals surface area contributed by atoms with Crippen molar-refractivity contribution in [3.8, 4) is 0 Å². The Bertz CT molecular complexity index is 852. The van der Waals surface area contributed by atoms with Gasteiger partial charge in [-0.25, -0.2) is 9.78 Å². The molecule has 0 atom stereocenters. The molecular weight excluding hydrogens is 294 g/mol. The fraction of sp³-hybridized carbons (Fsp3) is 0.125. The van der Waals surface area contributed by atoms with Crippen LogP contribution in [0.2, 0.25) is 0 Å². The monoisotopic (exact) mass is 309 g/mol. The summed E-state index contributed by atoms with van der Waals surface area (Å²) in [5, 5.41) is 12.9. The van der Waals surface area contributed by atoms with E-state index in [0.717, 1.165) is 12.0 Å². The molecule has 0 fully saturated rings. The zero-order valence-corrected chi connectivity index (χ0v) is 12.2. The second kappa shape index (κ2) is 6.27. The Morgan fingerprint density at radius 1 is 1.26 bits per heavy atom. The first-order chi connectivity index (χ1) is 11.1. The maximum atomic E-state index is 11.1. The van der Waals surface area contributed by atoms with Crippen molar-refractivity contribution in [1.29, 1.82) is 0 Å². The van der Waals surface area contributed by atoms with Crippen molar-refractivity contribution in [1.82, 2.24) is 15.0 Å². The third-order valence-corrected chi connectivity index (χ3v) is 3.39. The summed E-state index contributed by atoms with van der Waals surface area (Å²) in [5.41, 5.74) is 7.60. The highest BCUT2D eigenvalue weighted by molar-refractivity contribution is 5.97. The van der Waals surface area contributed by atoms with Crippen molar-refractivity contribution in [3.63, 3.8) is 0 Å². The molecule has 0 aliphatic carbocycles. The summed E-state index contributed by atoms with van der Waals surface area (Å²) in [6, 6.07) is 8.54. The molecular formula is C16H15N5O2. The Kier molecular flexibility index (Phi) is 4.01. The molecule has 4 N–H and O–H groups in total. The lowest BCUT2D eigenvalue weighted by Crippen LogP contribution is -2.09. The molecule has 0 saturated heterocycles. The normalized spacial score (nSPS) is 10.6. The van der Waals surface area contributed by atoms with Crippen LogP contribution in [0.5, 0.6) is 0 Å². The van der Waals surface area contributed by atoms with E-state index < -0.39 is 5.97 Å². The van der Waals surface area contributed by atoms with E-state index >= 15 is 0 Å². The number of nitrogen functional groups attached to an aromatic ring is 1. The Hall–Kier alpha value is -3.22. The molecule has 0 spiro atoms. The maximum absolute atomic E-state index is 11.1. The van der Waals surface area contributed by atoms with Crippen LogP contribution in [0.1, 0.15) is 15.9 Å². The molecule has 0 aliphatic rings. The van der Waals surface area contributed by atoms with E-state index in [0.29, 0.717) is 23.3 Å². The van der Waals surface area contributed by atoms with Gasteiger partial charge in [0.25, 0.3) is 0 Å². The van der Waals surface area contributed by atoms with E-state index in [1.807, 2.05) is 12.1 Å². The lowest BCUT2D eigenvalue weighted by molar-refractivity contribution is 0.0697. The number of carboxylic acid groups (broad SMARTS) is 1. The van der Waals surface area contributed by atoms with Crippen LogP contribution in [0.25, 0.3) is 10.9 Å². The van der Waals surface area contributed by atoms with Gasteiger partial charge in [-0.2, -0.15) is 4.98 Å². The zero-order chi connectivity index (χ0) is 16.2. The summed E-state index contributed by atoms with van der Waals surface area (Å²) in [6.45, 7) is 0.620. The Morgan fingerprint density at radius 3 is 2.87 bits per heavy atom. The zero-order valence-electron chi connectivity index (χ0n) is 12.2. The van der Waals surface area contributed by atoms with Gasteiger partial charge >= 0.3 is 5.97 Å². The fourth-order valence-corrected chi connectivity index (χ4v) is 2.29. The minimum atomic E-state index is -0.995. The van der Waals surface area contributed by atoms with Crippen molar-refractivity contribution in [2.24, 2.45) is 0 Å². The summed E-state index contributed by atoms with van der Waals surface area (Å²) < 4.78 is 0. The van der Waals surface area contributed by atoms with Crippen LogP contribution < -0.4 is 11.1 Å². The van der Waals surface area contributed by atoms with Crippen molar-refractivity contribution >= 4 is 28.6 Å². The standard InChI is InChI=1S/C16H15N5O2/c17-16-20-13-4-3-11(15(22)23)8-12(13)14(21-16)19-7-5-10-2-1-6-18-9-10/h1-4,6,8-9H,5,7H2,(H,22,23)(H3,17,19,20,21). The molecule has 0 saturated carbocycles. The summed E-state index contributed by atoms with van der Waals surface area (Å²) in [4.78, 5) is 23.5. The molecule has 116 valence electrons. The van der Waals surface area contributed by atoms with Crippen LogP contribution in [-0.4, -0.2) is 32.6 Å². The number of hydrogen-bond acceptors (Lipinski definition) is 6. The molecule has 0 bridgehead atoms. The second-order valence-corrected chi connectivity index (χ2v) is 5.01. The van der Waals surface area contributed by atoms with Gasteiger partial charge in [-0.15, -0.1) is 0 Å². The number of benzene rings is 1. The Balaban J connectivity index is 1.86. The molecule has 3 rings (SSSR count). The van der Waals surface area contributed by atoms with Crippen molar-refractivity contribution in [2.45, 2.75) is 6.42 Å². The average Bonchev–Trinajstić information content (AvgIpc) is 2.55. The summed E-state index contributed by atoms with van der Waals surface area (Å²) in [6.07, 6.45) is 4.29. The highest BCUT2D eigenvalue weighted by Crippen LogP contribution is 2.22. The number of nitrogens with two attached hydrogens (primary N) is 1.